The van der Waals surface area contributed by atoms with E-state index in [1.807, 2.05) is 25.1 Å². The van der Waals surface area contributed by atoms with Gasteiger partial charge in [0.1, 0.15) is 21.7 Å². The van der Waals surface area contributed by atoms with Gasteiger partial charge in [0.2, 0.25) is 5.91 Å². The Kier molecular flexibility index (Phi) is 5.27. The fourth-order valence-corrected chi connectivity index (χ4v) is 3.69. The first-order chi connectivity index (χ1) is 12.7. The Morgan fingerprint density at radius 2 is 2.00 bits per heavy atom. The van der Waals surface area contributed by atoms with Crippen molar-refractivity contribution in [2.45, 2.75) is 25.9 Å². The summed E-state index contributed by atoms with van der Waals surface area (Å²) in [4.78, 5) is 31.2. The summed E-state index contributed by atoms with van der Waals surface area (Å²) in [5.41, 5.74) is 2.32. The Balaban J connectivity index is 1.84. The molecule has 0 spiro atoms. The van der Waals surface area contributed by atoms with Gasteiger partial charge in [0.05, 0.1) is 5.75 Å². The molecule has 1 aromatic carbocycles. The van der Waals surface area contributed by atoms with Gasteiger partial charge in [0.25, 0.3) is 5.91 Å². The third-order valence-electron chi connectivity index (χ3n) is 4.45. The second kappa shape index (κ2) is 7.48. The van der Waals surface area contributed by atoms with Crippen molar-refractivity contribution >= 4 is 27.5 Å². The molecule has 1 aliphatic rings. The van der Waals surface area contributed by atoms with Crippen LogP contribution in [0.1, 0.15) is 27.9 Å². The standard InChI is InChI=1S/C19H21N3O4S/c1-13-7-8-17(20-11-13)21-18(23)16(9-10-27(2,25)26)22-12-14-5-3-4-6-15(14)19(22)24/h3-8,11,16H,9-10,12H2,1-2H3,(H,20,21,23)/t16-/m0/s1. The van der Waals surface area contributed by atoms with Gasteiger partial charge in [-0.3, -0.25) is 9.59 Å². The van der Waals surface area contributed by atoms with Crippen molar-refractivity contribution in [3.05, 3.63) is 59.3 Å². The molecular weight excluding hydrogens is 366 g/mol. The molecule has 2 heterocycles. The number of aryl methyl sites for hydroxylation is 1. The molecule has 0 saturated heterocycles. The van der Waals surface area contributed by atoms with Crippen molar-refractivity contribution in [3.8, 4) is 0 Å². The molecular formula is C19H21N3O4S. The number of carbonyl (C=O) groups excluding carboxylic acids is 2. The lowest BCUT2D eigenvalue weighted by Crippen LogP contribution is -2.45. The van der Waals surface area contributed by atoms with Crippen LogP contribution < -0.4 is 5.32 Å². The van der Waals surface area contributed by atoms with Crippen LogP contribution in [0.15, 0.2) is 42.6 Å². The van der Waals surface area contributed by atoms with Gasteiger partial charge in [0.15, 0.2) is 0 Å². The summed E-state index contributed by atoms with van der Waals surface area (Å²) < 4.78 is 23.2. The van der Waals surface area contributed by atoms with Crippen molar-refractivity contribution < 1.29 is 18.0 Å². The predicted octanol–water partition coefficient (Wildman–Crippen LogP) is 1.79. The number of sulfone groups is 1. The second-order valence-corrected chi connectivity index (χ2v) is 8.99. The van der Waals surface area contributed by atoms with Crippen LogP contribution in [0.25, 0.3) is 0 Å². The van der Waals surface area contributed by atoms with Crippen LogP contribution in [0.3, 0.4) is 0 Å². The average Bonchev–Trinajstić information content (AvgIpc) is 2.93. The maximum absolute atomic E-state index is 12.9. The van der Waals surface area contributed by atoms with Gasteiger partial charge >= 0.3 is 0 Å². The lowest BCUT2D eigenvalue weighted by atomic mass is 10.1. The maximum atomic E-state index is 12.9. The molecule has 0 unspecified atom stereocenters. The highest BCUT2D eigenvalue weighted by Gasteiger charge is 2.36. The van der Waals surface area contributed by atoms with Crippen LogP contribution in [-0.2, 0) is 21.2 Å². The van der Waals surface area contributed by atoms with Crippen LogP contribution in [-0.4, -0.2) is 48.2 Å². The van der Waals surface area contributed by atoms with E-state index in [1.165, 1.54) is 4.90 Å². The van der Waals surface area contributed by atoms with E-state index in [1.54, 1.807) is 24.4 Å². The first kappa shape index (κ1) is 19.0. The molecule has 2 aromatic rings. The van der Waals surface area contributed by atoms with Crippen LogP contribution in [0, 0.1) is 6.92 Å². The zero-order valence-electron chi connectivity index (χ0n) is 15.2. The molecule has 2 amide bonds. The number of nitrogens with one attached hydrogen (secondary N) is 1. The highest BCUT2D eigenvalue weighted by Crippen LogP contribution is 2.26. The van der Waals surface area contributed by atoms with E-state index in [0.29, 0.717) is 11.4 Å². The van der Waals surface area contributed by atoms with Crippen LogP contribution in [0.2, 0.25) is 0 Å². The van der Waals surface area contributed by atoms with Gasteiger partial charge in [-0.05, 0) is 36.6 Å². The third kappa shape index (κ3) is 4.51. The summed E-state index contributed by atoms with van der Waals surface area (Å²) in [6, 6.07) is 9.72. The molecule has 0 aliphatic carbocycles. The van der Waals surface area contributed by atoms with E-state index >= 15 is 0 Å². The number of benzene rings is 1. The quantitative estimate of drug-likeness (QED) is 0.815. The minimum Gasteiger partial charge on any atom is -0.322 e. The number of pyridine rings is 1. The number of amides is 2. The molecule has 0 saturated carbocycles. The Morgan fingerprint density at radius 3 is 2.63 bits per heavy atom. The van der Waals surface area contributed by atoms with Crippen molar-refractivity contribution in [3.63, 3.8) is 0 Å². The number of anilines is 1. The molecule has 3 rings (SSSR count). The number of hydrogen-bond acceptors (Lipinski definition) is 5. The SMILES string of the molecule is Cc1ccc(NC(=O)[C@H](CCS(C)(=O)=O)N2Cc3ccccc3C2=O)nc1. The molecule has 1 aromatic heterocycles. The number of rotatable bonds is 6. The molecule has 8 heteroatoms. The van der Waals surface area contributed by atoms with Gasteiger partial charge in [-0.2, -0.15) is 0 Å². The molecule has 1 aliphatic heterocycles. The lowest BCUT2D eigenvalue weighted by molar-refractivity contribution is -0.120. The Labute approximate surface area is 158 Å². The van der Waals surface area contributed by atoms with E-state index in [9.17, 15) is 18.0 Å². The zero-order chi connectivity index (χ0) is 19.6. The van der Waals surface area contributed by atoms with Gasteiger partial charge in [-0.1, -0.05) is 24.3 Å². The van der Waals surface area contributed by atoms with Crippen molar-refractivity contribution in [2.75, 3.05) is 17.3 Å². The van der Waals surface area contributed by atoms with Gasteiger partial charge in [0, 0.05) is 24.6 Å². The first-order valence-corrected chi connectivity index (χ1v) is 10.6. The van der Waals surface area contributed by atoms with Gasteiger partial charge in [-0.25, -0.2) is 13.4 Å². The predicted molar refractivity (Wildman–Crippen MR) is 102 cm³/mol. The second-order valence-electron chi connectivity index (χ2n) is 6.73. The van der Waals surface area contributed by atoms with Crippen LogP contribution >= 0.6 is 0 Å². The van der Waals surface area contributed by atoms with E-state index in [2.05, 4.69) is 10.3 Å². The summed E-state index contributed by atoms with van der Waals surface area (Å²) in [6.45, 7) is 2.16. The first-order valence-electron chi connectivity index (χ1n) is 8.55. The Morgan fingerprint density at radius 1 is 1.26 bits per heavy atom. The fraction of sp³-hybridized carbons (Fsp3) is 0.316. The van der Waals surface area contributed by atoms with Gasteiger partial charge < -0.3 is 10.2 Å². The normalized spacial score (nSPS) is 14.7. The van der Waals surface area contributed by atoms with E-state index < -0.39 is 21.8 Å². The van der Waals surface area contributed by atoms with Crippen molar-refractivity contribution in [2.24, 2.45) is 0 Å². The molecule has 27 heavy (non-hydrogen) atoms. The third-order valence-corrected chi connectivity index (χ3v) is 5.43. The van der Waals surface area contributed by atoms with Crippen LogP contribution in [0.4, 0.5) is 5.82 Å². The number of nitrogens with zero attached hydrogens (tertiary/aromatic N) is 2. The molecule has 0 radical (unpaired) electrons. The average molecular weight is 387 g/mol. The molecule has 142 valence electrons. The summed E-state index contributed by atoms with van der Waals surface area (Å²) in [6.07, 6.45) is 2.76. The maximum Gasteiger partial charge on any atom is 0.255 e. The number of fused-ring (bicyclic) bond motifs is 1. The minimum absolute atomic E-state index is 0.0241. The monoisotopic (exact) mass is 387 g/mol. The number of carbonyl (C=O) groups is 2. The lowest BCUT2D eigenvalue weighted by Gasteiger charge is -2.26. The van der Waals surface area contributed by atoms with E-state index in [4.69, 9.17) is 0 Å². The molecule has 0 fully saturated rings. The Bertz CT molecular complexity index is 971. The summed E-state index contributed by atoms with van der Waals surface area (Å²) in [5, 5.41) is 2.69. The fourth-order valence-electron chi connectivity index (χ4n) is 3.03. The summed E-state index contributed by atoms with van der Waals surface area (Å²) in [5.74, 6) is -0.543. The van der Waals surface area contributed by atoms with Crippen molar-refractivity contribution in [1.82, 2.24) is 9.88 Å². The zero-order valence-corrected chi connectivity index (χ0v) is 16.0. The van der Waals surface area contributed by atoms with Crippen LogP contribution in [0.5, 0.6) is 0 Å². The Hall–Kier alpha value is -2.74. The summed E-state index contributed by atoms with van der Waals surface area (Å²) >= 11 is 0. The smallest absolute Gasteiger partial charge is 0.255 e. The minimum atomic E-state index is -3.28. The molecule has 0 bridgehead atoms. The number of hydrogen-bond donors (Lipinski definition) is 1. The van der Waals surface area contributed by atoms with E-state index in [-0.39, 0.29) is 24.6 Å². The highest BCUT2D eigenvalue weighted by atomic mass is 32.2. The largest absolute Gasteiger partial charge is 0.322 e. The topological polar surface area (TPSA) is 96.4 Å². The summed E-state index contributed by atoms with van der Waals surface area (Å²) in [7, 11) is -3.28. The number of aromatic nitrogens is 1. The molecule has 1 atom stereocenters. The van der Waals surface area contributed by atoms with Crippen molar-refractivity contribution in [1.29, 1.82) is 0 Å². The molecule has 1 N–H and O–H groups in total. The highest BCUT2D eigenvalue weighted by molar-refractivity contribution is 7.90. The van der Waals surface area contributed by atoms with Gasteiger partial charge in [-0.15, -0.1) is 0 Å². The van der Waals surface area contributed by atoms with E-state index in [0.717, 1.165) is 17.4 Å². The molecule has 7 nitrogen and oxygen atoms in total.